The number of hydrogen-bond donors (Lipinski definition) is 2. The van der Waals surface area contributed by atoms with Gasteiger partial charge in [-0.15, -0.1) is 0 Å². The van der Waals surface area contributed by atoms with E-state index in [0.29, 0.717) is 43.1 Å². The number of para-hydroxylation sites is 2. The molecule has 2 aromatic carbocycles. The van der Waals surface area contributed by atoms with Crippen molar-refractivity contribution in [1.82, 2.24) is 5.32 Å². The van der Waals surface area contributed by atoms with Crippen LogP contribution in [-0.2, 0) is 16.1 Å². The zero-order valence-corrected chi connectivity index (χ0v) is 15.2. The zero-order valence-electron chi connectivity index (χ0n) is 15.2. The van der Waals surface area contributed by atoms with Gasteiger partial charge in [-0.3, -0.25) is 9.59 Å². The van der Waals surface area contributed by atoms with Crippen molar-refractivity contribution in [2.24, 2.45) is 11.8 Å². The Morgan fingerprint density at radius 2 is 1.70 bits per heavy atom. The van der Waals surface area contributed by atoms with Crippen molar-refractivity contribution in [3.05, 3.63) is 54.1 Å². The van der Waals surface area contributed by atoms with Gasteiger partial charge in [0.15, 0.2) is 11.5 Å². The quantitative estimate of drug-likeness (QED) is 0.779. The van der Waals surface area contributed by atoms with E-state index in [2.05, 4.69) is 5.32 Å². The molecule has 1 amide bonds. The minimum atomic E-state index is -0.809. The molecule has 1 aliphatic carbocycles. The number of methoxy groups -OCH3 is 1. The minimum Gasteiger partial charge on any atom is -0.493 e. The Labute approximate surface area is 158 Å². The molecule has 2 N–H and O–H groups in total. The van der Waals surface area contributed by atoms with Crippen LogP contribution in [0.15, 0.2) is 48.5 Å². The van der Waals surface area contributed by atoms with E-state index in [0.717, 1.165) is 5.56 Å². The number of ether oxygens (including phenoxy) is 2. The molecule has 1 fully saturated rings. The van der Waals surface area contributed by atoms with Crippen LogP contribution in [0.4, 0.5) is 0 Å². The average molecular weight is 369 g/mol. The van der Waals surface area contributed by atoms with Gasteiger partial charge in [-0.2, -0.15) is 0 Å². The van der Waals surface area contributed by atoms with E-state index >= 15 is 0 Å². The number of carbonyl (C=O) groups excluding carboxylic acids is 1. The maximum Gasteiger partial charge on any atom is 0.306 e. The summed E-state index contributed by atoms with van der Waals surface area (Å²) in [5, 5.41) is 11.9. The van der Waals surface area contributed by atoms with Gasteiger partial charge in [-0.1, -0.05) is 24.3 Å². The third-order valence-electron chi connectivity index (χ3n) is 4.84. The molecule has 3 rings (SSSR count). The van der Waals surface area contributed by atoms with E-state index in [4.69, 9.17) is 14.6 Å². The Hall–Kier alpha value is -3.02. The van der Waals surface area contributed by atoms with Crippen LogP contribution < -0.4 is 14.8 Å². The van der Waals surface area contributed by atoms with Crippen molar-refractivity contribution >= 4 is 11.9 Å². The van der Waals surface area contributed by atoms with Gasteiger partial charge in [0.2, 0.25) is 5.91 Å². The van der Waals surface area contributed by atoms with Gasteiger partial charge >= 0.3 is 5.97 Å². The summed E-state index contributed by atoms with van der Waals surface area (Å²) in [4.78, 5) is 23.2. The van der Waals surface area contributed by atoms with Crippen LogP contribution in [0.1, 0.15) is 24.8 Å². The second-order valence-corrected chi connectivity index (χ2v) is 6.66. The Bertz CT molecular complexity index is 802. The molecule has 0 spiro atoms. The number of aliphatic carboxylic acids is 1. The highest BCUT2D eigenvalue weighted by Crippen LogP contribution is 2.32. The molecule has 0 radical (unpaired) electrons. The summed E-state index contributed by atoms with van der Waals surface area (Å²) in [6, 6.07) is 14.9. The lowest BCUT2D eigenvalue weighted by molar-refractivity contribution is -0.141. The van der Waals surface area contributed by atoms with Crippen LogP contribution in [-0.4, -0.2) is 24.1 Å². The summed E-state index contributed by atoms with van der Waals surface area (Å²) < 4.78 is 11.1. The normalized spacial score (nSPS) is 18.7. The number of benzene rings is 2. The zero-order chi connectivity index (χ0) is 19.2. The highest BCUT2D eigenvalue weighted by molar-refractivity contribution is 5.80. The van der Waals surface area contributed by atoms with Crippen molar-refractivity contribution in [3.63, 3.8) is 0 Å². The first kappa shape index (κ1) is 18.8. The van der Waals surface area contributed by atoms with E-state index < -0.39 is 11.9 Å². The number of carbonyl (C=O) groups is 2. The van der Waals surface area contributed by atoms with Gasteiger partial charge in [0.1, 0.15) is 5.75 Å². The topological polar surface area (TPSA) is 84.9 Å². The average Bonchev–Trinajstić information content (AvgIpc) is 3.18. The molecule has 0 aliphatic heterocycles. The lowest BCUT2D eigenvalue weighted by atomic mass is 10.0. The highest BCUT2D eigenvalue weighted by atomic mass is 16.5. The van der Waals surface area contributed by atoms with Crippen molar-refractivity contribution in [2.45, 2.75) is 25.8 Å². The van der Waals surface area contributed by atoms with Crippen LogP contribution in [0.5, 0.6) is 17.2 Å². The Morgan fingerprint density at radius 1 is 1.04 bits per heavy atom. The molecule has 1 aliphatic rings. The maximum atomic E-state index is 12.2. The summed E-state index contributed by atoms with van der Waals surface area (Å²) in [5.41, 5.74) is 0.948. The summed E-state index contributed by atoms with van der Waals surface area (Å²) in [7, 11) is 1.59. The number of rotatable bonds is 7. The molecule has 142 valence electrons. The molecule has 0 aromatic heterocycles. The summed E-state index contributed by atoms with van der Waals surface area (Å²) in [6.45, 7) is 0.405. The van der Waals surface area contributed by atoms with Crippen molar-refractivity contribution in [1.29, 1.82) is 0 Å². The third kappa shape index (κ3) is 4.78. The predicted octanol–water partition coefficient (Wildman–Crippen LogP) is 3.60. The van der Waals surface area contributed by atoms with Crippen molar-refractivity contribution in [3.8, 4) is 17.2 Å². The van der Waals surface area contributed by atoms with Crippen LogP contribution in [0.25, 0.3) is 0 Å². The van der Waals surface area contributed by atoms with Crippen LogP contribution in [0.2, 0.25) is 0 Å². The largest absolute Gasteiger partial charge is 0.493 e. The lowest BCUT2D eigenvalue weighted by Gasteiger charge is -2.12. The number of nitrogens with one attached hydrogen (secondary N) is 1. The Balaban J connectivity index is 1.52. The summed E-state index contributed by atoms with van der Waals surface area (Å²) >= 11 is 0. The number of carboxylic acid groups (broad SMARTS) is 1. The molecule has 1 saturated carbocycles. The van der Waals surface area contributed by atoms with E-state index in [1.807, 2.05) is 48.5 Å². The fourth-order valence-corrected chi connectivity index (χ4v) is 3.28. The lowest BCUT2D eigenvalue weighted by Crippen LogP contribution is -2.29. The first-order valence-electron chi connectivity index (χ1n) is 8.97. The molecular weight excluding hydrogens is 346 g/mol. The molecular formula is C21H23NO5. The van der Waals surface area contributed by atoms with E-state index in [9.17, 15) is 9.59 Å². The second kappa shape index (κ2) is 8.58. The van der Waals surface area contributed by atoms with Gasteiger partial charge < -0.3 is 19.9 Å². The molecule has 27 heavy (non-hydrogen) atoms. The monoisotopic (exact) mass is 369 g/mol. The third-order valence-corrected chi connectivity index (χ3v) is 4.84. The number of carboxylic acids is 1. The van der Waals surface area contributed by atoms with E-state index in [1.54, 1.807) is 7.11 Å². The van der Waals surface area contributed by atoms with E-state index in [1.165, 1.54) is 0 Å². The standard InChI is InChI=1S/C21H23NO5/c1-26-18-4-2-3-5-19(18)27-17-10-6-14(7-11-17)13-22-20(23)15-8-9-16(12-15)21(24)25/h2-7,10-11,15-16H,8-9,12-13H2,1H3,(H,22,23)(H,24,25)/t15-,16+/m1/s1. The molecule has 2 aromatic rings. The number of amides is 1. The van der Waals surface area contributed by atoms with Crippen LogP contribution in [0, 0.1) is 11.8 Å². The molecule has 0 unspecified atom stereocenters. The SMILES string of the molecule is COc1ccccc1Oc1ccc(CNC(=O)[C@@H]2CC[C@H](C(=O)O)C2)cc1. The Kier molecular flexibility index (Phi) is 5.96. The summed E-state index contributed by atoms with van der Waals surface area (Å²) in [5.74, 6) is 0.477. The van der Waals surface area contributed by atoms with Gasteiger partial charge in [0.25, 0.3) is 0 Å². The highest BCUT2D eigenvalue weighted by Gasteiger charge is 2.33. The van der Waals surface area contributed by atoms with Gasteiger partial charge in [0.05, 0.1) is 13.0 Å². The van der Waals surface area contributed by atoms with Crippen LogP contribution >= 0.6 is 0 Å². The smallest absolute Gasteiger partial charge is 0.306 e. The maximum absolute atomic E-state index is 12.2. The first-order valence-corrected chi connectivity index (χ1v) is 8.97. The van der Waals surface area contributed by atoms with Gasteiger partial charge in [-0.25, -0.2) is 0 Å². The number of hydrogen-bond acceptors (Lipinski definition) is 4. The molecule has 0 saturated heterocycles. The van der Waals surface area contributed by atoms with Gasteiger partial charge in [-0.05, 0) is 49.1 Å². The molecule has 0 heterocycles. The molecule has 2 atom stereocenters. The van der Waals surface area contributed by atoms with E-state index in [-0.39, 0.29) is 11.8 Å². The van der Waals surface area contributed by atoms with Crippen molar-refractivity contribution in [2.75, 3.05) is 7.11 Å². The fourth-order valence-electron chi connectivity index (χ4n) is 3.28. The van der Waals surface area contributed by atoms with Crippen LogP contribution in [0.3, 0.4) is 0 Å². The predicted molar refractivity (Wildman–Crippen MR) is 99.8 cm³/mol. The fraction of sp³-hybridized carbons (Fsp3) is 0.333. The summed E-state index contributed by atoms with van der Waals surface area (Å²) in [6.07, 6.45) is 1.63. The Morgan fingerprint density at radius 3 is 2.33 bits per heavy atom. The second-order valence-electron chi connectivity index (χ2n) is 6.66. The van der Waals surface area contributed by atoms with Gasteiger partial charge in [0, 0.05) is 12.5 Å². The first-order chi connectivity index (χ1) is 13.1. The minimum absolute atomic E-state index is 0.0758. The molecule has 6 heteroatoms. The molecule has 0 bridgehead atoms. The van der Waals surface area contributed by atoms with Crippen molar-refractivity contribution < 1.29 is 24.2 Å². The molecule has 6 nitrogen and oxygen atoms in total.